The molecule has 1 aliphatic rings. The molecule has 0 bridgehead atoms. The number of H-pyrrole nitrogens is 1. The number of hydrogen-bond donors (Lipinski definition) is 4. The van der Waals surface area contributed by atoms with Crippen LogP contribution in [-0.2, 0) is 6.54 Å². The fourth-order valence-electron chi connectivity index (χ4n) is 3.12. The van der Waals surface area contributed by atoms with E-state index in [0.29, 0.717) is 6.42 Å². The number of aromatic nitrogens is 2. The van der Waals surface area contributed by atoms with E-state index in [0.717, 1.165) is 24.8 Å². The third-order valence-electron chi connectivity index (χ3n) is 4.48. The topological polar surface area (TPSA) is 113 Å². The number of aliphatic hydroxyl groups is 1. The van der Waals surface area contributed by atoms with Crippen LogP contribution in [0.3, 0.4) is 0 Å². The quantitative estimate of drug-likeness (QED) is 0.665. The summed E-state index contributed by atoms with van der Waals surface area (Å²) in [6, 6.07) is 9.17. The van der Waals surface area contributed by atoms with Crippen LogP contribution in [0.2, 0.25) is 0 Å². The third kappa shape index (κ3) is 3.35. The highest BCUT2D eigenvalue weighted by molar-refractivity contribution is 5.61. The molecule has 0 aliphatic heterocycles. The second-order valence-electron chi connectivity index (χ2n) is 6.19. The normalized spacial score (nSPS) is 20.7. The van der Waals surface area contributed by atoms with Gasteiger partial charge in [-0.25, -0.2) is 4.79 Å². The maximum Gasteiger partial charge on any atom is 0.330 e. The number of nitrogens with one attached hydrogen (secondary N) is 2. The molecule has 2 atom stereocenters. The van der Waals surface area contributed by atoms with Gasteiger partial charge in [0.15, 0.2) is 0 Å². The van der Waals surface area contributed by atoms with E-state index in [1.165, 1.54) is 4.57 Å². The van der Waals surface area contributed by atoms with E-state index < -0.39 is 17.4 Å². The molecule has 0 amide bonds. The van der Waals surface area contributed by atoms with E-state index >= 15 is 0 Å². The van der Waals surface area contributed by atoms with Crippen LogP contribution in [0, 0.1) is 0 Å². The minimum Gasteiger partial charge on any atom is -0.391 e. The Morgan fingerprint density at radius 1 is 1.21 bits per heavy atom. The zero-order valence-corrected chi connectivity index (χ0v) is 13.4. The summed E-state index contributed by atoms with van der Waals surface area (Å²) < 4.78 is 1.33. The highest BCUT2D eigenvalue weighted by atomic mass is 16.3. The SMILES string of the molecule is Nc1c(NC2CCCCC2O)c(=O)[nH]c(=O)n1Cc1ccccc1. The van der Waals surface area contributed by atoms with E-state index in [-0.39, 0.29) is 24.1 Å². The summed E-state index contributed by atoms with van der Waals surface area (Å²) in [5.74, 6) is 0.0883. The lowest BCUT2D eigenvalue weighted by atomic mass is 9.92. The number of nitrogen functional groups attached to an aromatic ring is 1. The fourth-order valence-corrected chi connectivity index (χ4v) is 3.12. The molecule has 1 saturated carbocycles. The summed E-state index contributed by atoms with van der Waals surface area (Å²) in [7, 11) is 0. The summed E-state index contributed by atoms with van der Waals surface area (Å²) in [4.78, 5) is 26.6. The maximum atomic E-state index is 12.2. The fraction of sp³-hybridized carbons (Fsp3) is 0.412. The van der Waals surface area contributed by atoms with Gasteiger partial charge in [-0.05, 0) is 18.4 Å². The molecular weight excluding hydrogens is 308 g/mol. The smallest absolute Gasteiger partial charge is 0.330 e. The first kappa shape index (κ1) is 16.3. The van der Waals surface area contributed by atoms with Gasteiger partial charge in [0.05, 0.1) is 18.7 Å². The van der Waals surface area contributed by atoms with Crippen LogP contribution in [0.4, 0.5) is 11.5 Å². The molecule has 1 aliphatic carbocycles. The number of anilines is 2. The van der Waals surface area contributed by atoms with Crippen LogP contribution in [0.5, 0.6) is 0 Å². The van der Waals surface area contributed by atoms with Crippen LogP contribution >= 0.6 is 0 Å². The standard InChI is InChI=1S/C17H22N4O3/c18-15-14(19-12-8-4-5-9-13(12)22)16(23)20-17(24)21(15)10-11-6-2-1-3-7-11/h1-3,6-7,12-13,19,22H,4-5,8-10,18H2,(H,20,23,24). The van der Waals surface area contributed by atoms with E-state index in [9.17, 15) is 14.7 Å². The number of benzene rings is 1. The molecule has 3 rings (SSSR count). The zero-order chi connectivity index (χ0) is 17.1. The predicted molar refractivity (Wildman–Crippen MR) is 93.2 cm³/mol. The average Bonchev–Trinajstić information content (AvgIpc) is 2.58. The van der Waals surface area contributed by atoms with E-state index in [2.05, 4.69) is 10.3 Å². The van der Waals surface area contributed by atoms with Gasteiger partial charge in [-0.15, -0.1) is 0 Å². The highest BCUT2D eigenvalue weighted by Gasteiger charge is 2.25. The van der Waals surface area contributed by atoms with Crippen LogP contribution < -0.4 is 22.3 Å². The first-order valence-electron chi connectivity index (χ1n) is 8.17. The number of aliphatic hydroxyl groups excluding tert-OH is 1. The van der Waals surface area contributed by atoms with Crippen molar-refractivity contribution < 1.29 is 5.11 Å². The number of hydrogen-bond acceptors (Lipinski definition) is 5. The summed E-state index contributed by atoms with van der Waals surface area (Å²) in [5, 5.41) is 13.1. The lowest BCUT2D eigenvalue weighted by Gasteiger charge is -2.29. The van der Waals surface area contributed by atoms with Crippen molar-refractivity contribution in [2.24, 2.45) is 0 Å². The molecular formula is C17H22N4O3. The average molecular weight is 330 g/mol. The second-order valence-corrected chi connectivity index (χ2v) is 6.19. The van der Waals surface area contributed by atoms with Crippen molar-refractivity contribution in [2.45, 2.75) is 44.4 Å². The molecule has 7 nitrogen and oxygen atoms in total. The minimum atomic E-state index is -0.556. The Hall–Kier alpha value is -2.54. The van der Waals surface area contributed by atoms with Crippen molar-refractivity contribution in [2.75, 3.05) is 11.1 Å². The summed E-state index contributed by atoms with van der Waals surface area (Å²) >= 11 is 0. The van der Waals surface area contributed by atoms with Crippen molar-refractivity contribution in [3.63, 3.8) is 0 Å². The van der Waals surface area contributed by atoms with Crippen molar-refractivity contribution in [1.82, 2.24) is 9.55 Å². The molecule has 128 valence electrons. The summed E-state index contributed by atoms with van der Waals surface area (Å²) in [6.45, 7) is 0.268. The molecule has 1 aromatic carbocycles. The maximum absolute atomic E-state index is 12.2. The largest absolute Gasteiger partial charge is 0.391 e. The van der Waals surface area contributed by atoms with Crippen molar-refractivity contribution >= 4 is 11.5 Å². The number of rotatable bonds is 4. The lowest BCUT2D eigenvalue weighted by Crippen LogP contribution is -2.41. The zero-order valence-electron chi connectivity index (χ0n) is 13.4. The van der Waals surface area contributed by atoms with Gasteiger partial charge >= 0.3 is 5.69 Å². The monoisotopic (exact) mass is 330 g/mol. The predicted octanol–water partition coefficient (Wildman–Crippen LogP) is 0.882. The Labute approximate surface area is 139 Å². The molecule has 0 saturated heterocycles. The number of nitrogens with two attached hydrogens (primary N) is 1. The van der Waals surface area contributed by atoms with E-state index in [4.69, 9.17) is 5.73 Å². The molecule has 2 aromatic rings. The van der Waals surface area contributed by atoms with Gasteiger partial charge in [0.1, 0.15) is 11.5 Å². The molecule has 1 aromatic heterocycles. The van der Waals surface area contributed by atoms with Crippen LogP contribution in [-0.4, -0.2) is 26.8 Å². The van der Waals surface area contributed by atoms with Gasteiger partial charge in [-0.1, -0.05) is 43.2 Å². The Bertz CT molecular complexity index is 813. The van der Waals surface area contributed by atoms with Crippen LogP contribution in [0.1, 0.15) is 31.2 Å². The summed E-state index contributed by atoms with van der Waals surface area (Å²) in [5.41, 5.74) is 6.05. The highest BCUT2D eigenvalue weighted by Crippen LogP contribution is 2.23. The van der Waals surface area contributed by atoms with Gasteiger partial charge in [-0.3, -0.25) is 14.3 Å². The second kappa shape index (κ2) is 6.92. The Morgan fingerprint density at radius 3 is 2.62 bits per heavy atom. The van der Waals surface area contributed by atoms with Crippen molar-refractivity contribution in [1.29, 1.82) is 0 Å². The van der Waals surface area contributed by atoms with Gasteiger partial charge in [0.2, 0.25) is 0 Å². The van der Waals surface area contributed by atoms with Gasteiger partial charge in [0, 0.05) is 0 Å². The Morgan fingerprint density at radius 2 is 1.92 bits per heavy atom. The molecule has 2 unspecified atom stereocenters. The molecule has 24 heavy (non-hydrogen) atoms. The van der Waals surface area contributed by atoms with E-state index in [1.54, 1.807) is 0 Å². The molecule has 7 heteroatoms. The molecule has 0 radical (unpaired) electrons. The van der Waals surface area contributed by atoms with Gasteiger partial charge in [0.25, 0.3) is 5.56 Å². The number of nitrogens with zero attached hydrogens (tertiary/aromatic N) is 1. The third-order valence-corrected chi connectivity index (χ3v) is 4.48. The van der Waals surface area contributed by atoms with Crippen LogP contribution in [0.15, 0.2) is 39.9 Å². The summed E-state index contributed by atoms with van der Waals surface area (Å²) in [6.07, 6.45) is 2.89. The Balaban J connectivity index is 1.93. The first-order chi connectivity index (χ1) is 11.6. The van der Waals surface area contributed by atoms with Gasteiger partial charge in [-0.2, -0.15) is 0 Å². The molecule has 5 N–H and O–H groups in total. The lowest BCUT2D eigenvalue weighted by molar-refractivity contribution is 0.116. The minimum absolute atomic E-state index is 0.0883. The van der Waals surface area contributed by atoms with Crippen LogP contribution in [0.25, 0.3) is 0 Å². The molecule has 1 fully saturated rings. The van der Waals surface area contributed by atoms with Crippen molar-refractivity contribution in [3.8, 4) is 0 Å². The molecule has 0 spiro atoms. The first-order valence-corrected chi connectivity index (χ1v) is 8.17. The Kier molecular flexibility index (Phi) is 4.71. The molecule has 1 heterocycles. The number of aromatic amines is 1. The van der Waals surface area contributed by atoms with Gasteiger partial charge < -0.3 is 16.2 Å². The van der Waals surface area contributed by atoms with Crippen molar-refractivity contribution in [3.05, 3.63) is 56.7 Å². The van der Waals surface area contributed by atoms with E-state index in [1.807, 2.05) is 30.3 Å².